The number of fused-ring (bicyclic) bond motifs is 1. The van der Waals surface area contributed by atoms with Crippen LogP contribution in [0.3, 0.4) is 0 Å². The maximum absolute atomic E-state index is 5.95. The lowest BCUT2D eigenvalue weighted by Gasteiger charge is -2.45. The first-order chi connectivity index (χ1) is 13.2. The molecule has 27 heavy (non-hydrogen) atoms. The molecule has 3 aromatic rings. The Bertz CT molecular complexity index is 886. The van der Waals surface area contributed by atoms with Gasteiger partial charge in [-0.05, 0) is 75.9 Å². The second-order valence-corrected chi connectivity index (χ2v) is 8.17. The van der Waals surface area contributed by atoms with Gasteiger partial charge in [0.1, 0.15) is 0 Å². The van der Waals surface area contributed by atoms with Crippen LogP contribution in [-0.2, 0) is 12.0 Å². The van der Waals surface area contributed by atoms with Crippen LogP contribution in [0.5, 0.6) is 0 Å². The lowest BCUT2D eigenvalue weighted by molar-refractivity contribution is 0.0903. The highest BCUT2D eigenvalue weighted by Crippen LogP contribution is 2.47. The molecule has 0 saturated heterocycles. The van der Waals surface area contributed by atoms with Crippen LogP contribution in [0.25, 0.3) is 10.9 Å². The van der Waals surface area contributed by atoms with Crippen molar-refractivity contribution in [1.29, 1.82) is 0 Å². The zero-order valence-corrected chi connectivity index (χ0v) is 16.5. The first-order valence-corrected chi connectivity index (χ1v) is 10.2. The Morgan fingerprint density at radius 1 is 1.00 bits per heavy atom. The van der Waals surface area contributed by atoms with Gasteiger partial charge in [0.2, 0.25) is 0 Å². The van der Waals surface area contributed by atoms with Crippen molar-refractivity contribution >= 4 is 10.9 Å². The number of nitrogens with one attached hydrogen (secondary N) is 1. The van der Waals surface area contributed by atoms with E-state index in [0.29, 0.717) is 12.5 Å². The molecule has 3 N–H and O–H groups in total. The number of aromatic nitrogens is 1. The third-order valence-corrected chi connectivity index (χ3v) is 6.63. The van der Waals surface area contributed by atoms with Crippen molar-refractivity contribution in [3.05, 3.63) is 71.4 Å². The molecule has 0 atom stereocenters. The molecule has 142 valence electrons. The van der Waals surface area contributed by atoms with Crippen LogP contribution in [0.4, 0.5) is 0 Å². The molecule has 0 aliphatic heterocycles. The van der Waals surface area contributed by atoms with Crippen molar-refractivity contribution in [3.8, 4) is 0 Å². The monoisotopic (exact) mass is 361 g/mol. The summed E-state index contributed by atoms with van der Waals surface area (Å²) in [5, 5.41) is 1.35. The number of nitrogens with two attached hydrogens (primary N) is 1. The highest BCUT2D eigenvalue weighted by Gasteiger charge is 2.39. The molecule has 4 rings (SSSR count). The molecule has 1 heterocycles. The lowest BCUT2D eigenvalue weighted by Crippen LogP contribution is -2.44. The molecule has 1 fully saturated rings. The van der Waals surface area contributed by atoms with Crippen molar-refractivity contribution in [2.45, 2.75) is 43.6 Å². The smallest absolute Gasteiger partial charge is 0.0459 e. The summed E-state index contributed by atoms with van der Waals surface area (Å²) in [7, 11) is 4.46. The van der Waals surface area contributed by atoms with Gasteiger partial charge in [-0.15, -0.1) is 0 Å². The minimum Gasteiger partial charge on any atom is -0.358 e. The molecule has 2 aromatic carbocycles. The maximum atomic E-state index is 5.95. The normalized spacial score (nSPS) is 23.2. The first kappa shape index (κ1) is 18.3. The van der Waals surface area contributed by atoms with E-state index in [1.807, 2.05) is 0 Å². The summed E-state index contributed by atoms with van der Waals surface area (Å²) in [5.74, 6) is 0.593. The van der Waals surface area contributed by atoms with E-state index < -0.39 is 0 Å². The summed E-state index contributed by atoms with van der Waals surface area (Å²) in [6.45, 7) is 0.702. The Kier molecular flexibility index (Phi) is 5.07. The van der Waals surface area contributed by atoms with Crippen molar-refractivity contribution in [2.24, 2.45) is 5.73 Å². The second-order valence-electron chi connectivity index (χ2n) is 8.17. The van der Waals surface area contributed by atoms with E-state index in [0.717, 1.165) is 6.42 Å². The predicted molar refractivity (Wildman–Crippen MR) is 114 cm³/mol. The fourth-order valence-corrected chi connectivity index (χ4v) is 5.11. The van der Waals surface area contributed by atoms with Crippen molar-refractivity contribution in [3.63, 3.8) is 0 Å². The summed E-state index contributed by atoms with van der Waals surface area (Å²) >= 11 is 0. The zero-order valence-electron chi connectivity index (χ0n) is 16.5. The molecule has 3 nitrogen and oxygen atoms in total. The van der Waals surface area contributed by atoms with Crippen LogP contribution in [0.1, 0.15) is 48.4 Å². The van der Waals surface area contributed by atoms with Gasteiger partial charge in [0.25, 0.3) is 0 Å². The van der Waals surface area contributed by atoms with Gasteiger partial charge in [-0.2, -0.15) is 0 Å². The van der Waals surface area contributed by atoms with Crippen molar-refractivity contribution in [1.82, 2.24) is 9.88 Å². The fourth-order valence-electron chi connectivity index (χ4n) is 5.11. The average molecular weight is 362 g/mol. The Morgan fingerprint density at radius 2 is 1.67 bits per heavy atom. The van der Waals surface area contributed by atoms with Gasteiger partial charge in [-0.3, -0.25) is 4.90 Å². The van der Waals surface area contributed by atoms with Crippen LogP contribution < -0.4 is 5.73 Å². The number of H-pyrrole nitrogens is 1. The SMILES string of the molecule is CN(C)C1(c2ccccc2)CCC(c2[nH]c3ccccc3c2CCN)CC1. The lowest BCUT2D eigenvalue weighted by atomic mass is 9.70. The Labute approximate surface area is 162 Å². The summed E-state index contributed by atoms with van der Waals surface area (Å²) < 4.78 is 0. The number of hydrogen-bond acceptors (Lipinski definition) is 2. The van der Waals surface area contributed by atoms with Gasteiger partial charge < -0.3 is 10.7 Å². The third kappa shape index (κ3) is 3.19. The van der Waals surface area contributed by atoms with Gasteiger partial charge in [-0.25, -0.2) is 0 Å². The van der Waals surface area contributed by atoms with E-state index in [1.165, 1.54) is 53.4 Å². The largest absolute Gasteiger partial charge is 0.358 e. The fraction of sp³-hybridized carbons (Fsp3) is 0.417. The molecule has 1 aliphatic rings. The summed E-state index contributed by atoms with van der Waals surface area (Å²) in [6.07, 6.45) is 5.74. The Balaban J connectivity index is 1.64. The number of para-hydroxylation sites is 1. The number of benzene rings is 2. The van der Waals surface area contributed by atoms with Crippen LogP contribution in [0, 0.1) is 0 Å². The van der Waals surface area contributed by atoms with Gasteiger partial charge >= 0.3 is 0 Å². The van der Waals surface area contributed by atoms with Crippen LogP contribution >= 0.6 is 0 Å². The molecule has 1 saturated carbocycles. The van der Waals surface area contributed by atoms with E-state index in [1.54, 1.807) is 0 Å². The molecule has 0 amide bonds. The molecular formula is C24H31N3. The molecular weight excluding hydrogens is 330 g/mol. The highest BCUT2D eigenvalue weighted by molar-refractivity contribution is 5.84. The van der Waals surface area contributed by atoms with Crippen molar-refractivity contribution < 1.29 is 0 Å². The molecule has 0 unspecified atom stereocenters. The molecule has 1 aromatic heterocycles. The minimum absolute atomic E-state index is 0.151. The van der Waals surface area contributed by atoms with Crippen LogP contribution in [0.2, 0.25) is 0 Å². The number of hydrogen-bond donors (Lipinski definition) is 2. The van der Waals surface area contributed by atoms with Crippen molar-refractivity contribution in [2.75, 3.05) is 20.6 Å². The standard InChI is InChI=1S/C24H31N3/c1-27(2)24(19-8-4-3-5-9-19)15-12-18(13-16-24)23-21(14-17-25)20-10-6-7-11-22(20)26-23/h3-11,18,26H,12-17,25H2,1-2H3. The van der Waals surface area contributed by atoms with Gasteiger partial charge in [0.05, 0.1) is 0 Å². The highest BCUT2D eigenvalue weighted by atomic mass is 15.1. The summed E-state index contributed by atoms with van der Waals surface area (Å²) in [5.41, 5.74) is 11.7. The quantitative estimate of drug-likeness (QED) is 0.687. The van der Waals surface area contributed by atoms with E-state index in [-0.39, 0.29) is 5.54 Å². The maximum Gasteiger partial charge on any atom is 0.0459 e. The predicted octanol–water partition coefficient (Wildman–Crippen LogP) is 4.78. The first-order valence-electron chi connectivity index (χ1n) is 10.2. The molecule has 3 heteroatoms. The van der Waals surface area contributed by atoms with E-state index in [2.05, 4.69) is 78.6 Å². The number of aromatic amines is 1. The van der Waals surface area contributed by atoms with Gasteiger partial charge in [0, 0.05) is 22.1 Å². The summed E-state index contributed by atoms with van der Waals surface area (Å²) in [6, 6.07) is 19.7. The molecule has 1 aliphatic carbocycles. The zero-order chi connectivity index (χ0) is 18.9. The summed E-state index contributed by atoms with van der Waals surface area (Å²) in [4.78, 5) is 6.18. The van der Waals surface area contributed by atoms with E-state index in [4.69, 9.17) is 5.73 Å². The topological polar surface area (TPSA) is 45.0 Å². The molecule has 0 bridgehead atoms. The Hall–Kier alpha value is -2.10. The van der Waals surface area contributed by atoms with Gasteiger partial charge in [-0.1, -0.05) is 48.5 Å². The second kappa shape index (κ2) is 7.49. The number of rotatable bonds is 5. The van der Waals surface area contributed by atoms with Crippen LogP contribution in [0.15, 0.2) is 54.6 Å². The van der Waals surface area contributed by atoms with E-state index >= 15 is 0 Å². The molecule has 0 radical (unpaired) electrons. The minimum atomic E-state index is 0.151. The average Bonchev–Trinajstić information content (AvgIpc) is 3.07. The van der Waals surface area contributed by atoms with Gasteiger partial charge in [0.15, 0.2) is 0 Å². The molecule has 0 spiro atoms. The van der Waals surface area contributed by atoms with Crippen LogP contribution in [-0.4, -0.2) is 30.5 Å². The Morgan fingerprint density at radius 3 is 2.33 bits per heavy atom. The third-order valence-electron chi connectivity index (χ3n) is 6.63. The van der Waals surface area contributed by atoms with E-state index in [9.17, 15) is 0 Å². The number of nitrogens with zero attached hydrogens (tertiary/aromatic N) is 1.